The lowest BCUT2D eigenvalue weighted by Crippen LogP contribution is -2.34. The third-order valence-corrected chi connectivity index (χ3v) is 4.44. The van der Waals surface area contributed by atoms with Gasteiger partial charge in [-0.05, 0) is 35.4 Å². The van der Waals surface area contributed by atoms with Gasteiger partial charge in [-0.1, -0.05) is 12.1 Å². The number of nitrogens with one attached hydrogen (secondary N) is 2. The van der Waals surface area contributed by atoms with Crippen LogP contribution in [-0.2, 0) is 16.1 Å². The van der Waals surface area contributed by atoms with Gasteiger partial charge in [0.05, 0.1) is 5.92 Å². The monoisotopic (exact) mass is 356 g/mol. The van der Waals surface area contributed by atoms with Crippen LogP contribution in [0.25, 0.3) is 0 Å². The highest BCUT2D eigenvalue weighted by molar-refractivity contribution is 6.01. The molecule has 0 fully saturated rings. The van der Waals surface area contributed by atoms with Crippen molar-refractivity contribution >= 4 is 17.5 Å². The zero-order valence-electron chi connectivity index (χ0n) is 13.9. The van der Waals surface area contributed by atoms with Crippen LogP contribution in [0.1, 0.15) is 23.5 Å². The van der Waals surface area contributed by atoms with Crippen molar-refractivity contribution in [1.82, 2.24) is 5.32 Å². The van der Waals surface area contributed by atoms with E-state index in [0.717, 1.165) is 5.56 Å². The smallest absolute Gasteiger partial charge is 0.228 e. The van der Waals surface area contributed by atoms with Gasteiger partial charge in [-0.2, -0.15) is 0 Å². The van der Waals surface area contributed by atoms with Gasteiger partial charge in [0.25, 0.3) is 0 Å². The highest BCUT2D eigenvalue weighted by Gasteiger charge is 2.30. The van der Waals surface area contributed by atoms with Gasteiger partial charge < -0.3 is 20.1 Å². The largest absolute Gasteiger partial charge is 0.486 e. The minimum Gasteiger partial charge on any atom is -0.486 e. The summed E-state index contributed by atoms with van der Waals surface area (Å²) in [4.78, 5) is 24.5. The van der Waals surface area contributed by atoms with Gasteiger partial charge in [0, 0.05) is 18.7 Å². The summed E-state index contributed by atoms with van der Waals surface area (Å²) in [5.74, 6) is -0.338. The van der Waals surface area contributed by atoms with Gasteiger partial charge in [0.1, 0.15) is 19.0 Å². The maximum atomic E-state index is 13.4. The zero-order valence-corrected chi connectivity index (χ0v) is 13.9. The van der Waals surface area contributed by atoms with Crippen LogP contribution in [0, 0.1) is 5.82 Å². The Balaban J connectivity index is 1.48. The molecule has 4 rings (SSSR count). The molecular formula is C19H17FN2O4. The topological polar surface area (TPSA) is 76.7 Å². The van der Waals surface area contributed by atoms with Gasteiger partial charge >= 0.3 is 0 Å². The molecule has 0 bridgehead atoms. The Bertz CT molecular complexity index is 884. The number of hydrogen-bond acceptors (Lipinski definition) is 4. The van der Waals surface area contributed by atoms with E-state index in [1.165, 1.54) is 12.1 Å². The summed E-state index contributed by atoms with van der Waals surface area (Å²) >= 11 is 0. The summed E-state index contributed by atoms with van der Waals surface area (Å²) in [5.41, 5.74) is 1.83. The van der Waals surface area contributed by atoms with E-state index in [2.05, 4.69) is 10.6 Å². The zero-order chi connectivity index (χ0) is 18.1. The number of carbonyl (C=O) groups excluding carboxylic acids is 2. The molecular weight excluding hydrogens is 339 g/mol. The minimum atomic E-state index is -0.642. The van der Waals surface area contributed by atoms with Crippen molar-refractivity contribution < 1.29 is 23.5 Å². The number of carbonyl (C=O) groups is 2. The predicted molar refractivity (Wildman–Crippen MR) is 91.7 cm³/mol. The average molecular weight is 356 g/mol. The number of anilines is 1. The van der Waals surface area contributed by atoms with Crippen LogP contribution >= 0.6 is 0 Å². The van der Waals surface area contributed by atoms with E-state index in [1.54, 1.807) is 6.07 Å². The van der Waals surface area contributed by atoms with Crippen molar-refractivity contribution in [2.75, 3.05) is 18.5 Å². The molecule has 2 amide bonds. The van der Waals surface area contributed by atoms with E-state index in [4.69, 9.17) is 9.47 Å². The van der Waals surface area contributed by atoms with Gasteiger partial charge in [-0.15, -0.1) is 0 Å². The second kappa shape index (κ2) is 6.67. The third-order valence-electron chi connectivity index (χ3n) is 4.44. The molecule has 0 radical (unpaired) electrons. The Labute approximate surface area is 149 Å². The molecule has 7 heteroatoms. The lowest BCUT2D eigenvalue weighted by Gasteiger charge is -2.25. The number of hydrogen-bond donors (Lipinski definition) is 2. The normalized spacial score (nSPS) is 17.9. The lowest BCUT2D eigenvalue weighted by molar-refractivity contribution is -0.126. The molecule has 0 aromatic heterocycles. The molecule has 2 N–H and O–H groups in total. The van der Waals surface area contributed by atoms with Gasteiger partial charge in [-0.3, -0.25) is 9.59 Å². The Hall–Kier alpha value is -3.09. The van der Waals surface area contributed by atoms with E-state index in [1.807, 2.05) is 18.2 Å². The van der Waals surface area contributed by atoms with Crippen LogP contribution in [0.3, 0.4) is 0 Å². The van der Waals surface area contributed by atoms with E-state index in [9.17, 15) is 14.0 Å². The fourth-order valence-corrected chi connectivity index (χ4v) is 3.18. The summed E-state index contributed by atoms with van der Waals surface area (Å²) < 4.78 is 24.4. The Morgan fingerprint density at radius 2 is 1.96 bits per heavy atom. The maximum absolute atomic E-state index is 13.4. The predicted octanol–water partition coefficient (Wildman–Crippen LogP) is 2.34. The second-order valence-corrected chi connectivity index (χ2v) is 6.23. The Morgan fingerprint density at radius 3 is 2.81 bits per heavy atom. The summed E-state index contributed by atoms with van der Waals surface area (Å²) in [6, 6.07) is 9.54. The molecule has 2 aliphatic heterocycles. The van der Waals surface area contributed by atoms with E-state index < -0.39 is 11.7 Å². The van der Waals surface area contributed by atoms with Gasteiger partial charge in [0.2, 0.25) is 11.8 Å². The number of halogens is 1. The molecule has 0 aliphatic carbocycles. The SMILES string of the molecule is O=C1C[C@@H](C(=O)NCc2ccc3c(c2)OCCO3)c2ccc(F)cc2N1. The fraction of sp³-hybridized carbons (Fsp3) is 0.263. The van der Waals surface area contributed by atoms with Crippen molar-refractivity contribution in [3.63, 3.8) is 0 Å². The maximum Gasteiger partial charge on any atom is 0.228 e. The standard InChI is InChI=1S/C19H17FN2O4/c20-12-2-3-13-14(9-18(23)22-15(13)8-12)19(24)21-10-11-1-4-16-17(7-11)26-6-5-25-16/h1-4,7-8,14H,5-6,9-10H2,(H,21,24)(H,22,23)/t14-/m1/s1. The first-order chi connectivity index (χ1) is 12.6. The van der Waals surface area contributed by atoms with Gasteiger partial charge in [0.15, 0.2) is 11.5 Å². The molecule has 0 saturated carbocycles. The lowest BCUT2D eigenvalue weighted by atomic mass is 9.89. The first-order valence-electron chi connectivity index (χ1n) is 8.36. The molecule has 0 saturated heterocycles. The van der Waals surface area contributed by atoms with Crippen LogP contribution in [0.4, 0.5) is 10.1 Å². The summed E-state index contributed by atoms with van der Waals surface area (Å²) in [7, 11) is 0. The number of rotatable bonds is 3. The van der Waals surface area contributed by atoms with Gasteiger partial charge in [-0.25, -0.2) is 4.39 Å². The Kier molecular flexibility index (Phi) is 4.20. The van der Waals surface area contributed by atoms with Crippen LogP contribution in [0.5, 0.6) is 11.5 Å². The molecule has 2 aromatic carbocycles. The third kappa shape index (κ3) is 3.20. The molecule has 0 spiro atoms. The Morgan fingerprint density at radius 1 is 1.15 bits per heavy atom. The highest BCUT2D eigenvalue weighted by atomic mass is 19.1. The summed E-state index contributed by atoms with van der Waals surface area (Å²) in [5, 5.41) is 5.45. The molecule has 134 valence electrons. The highest BCUT2D eigenvalue weighted by Crippen LogP contribution is 2.33. The first kappa shape index (κ1) is 16.4. The van der Waals surface area contributed by atoms with Crippen molar-refractivity contribution in [3.05, 3.63) is 53.3 Å². The number of benzene rings is 2. The van der Waals surface area contributed by atoms with E-state index >= 15 is 0 Å². The number of fused-ring (bicyclic) bond motifs is 2. The molecule has 6 nitrogen and oxygen atoms in total. The van der Waals surface area contributed by atoms with Crippen LogP contribution in [0.2, 0.25) is 0 Å². The number of ether oxygens (including phenoxy) is 2. The average Bonchev–Trinajstić information content (AvgIpc) is 2.65. The molecule has 2 aromatic rings. The quantitative estimate of drug-likeness (QED) is 0.885. The number of amides is 2. The molecule has 1 atom stereocenters. The van der Waals surface area contributed by atoms with Crippen LogP contribution < -0.4 is 20.1 Å². The van der Waals surface area contributed by atoms with E-state index in [-0.39, 0.29) is 18.2 Å². The minimum absolute atomic E-state index is 0.0333. The van der Waals surface area contributed by atoms with Crippen molar-refractivity contribution in [1.29, 1.82) is 0 Å². The summed E-state index contributed by atoms with van der Waals surface area (Å²) in [6.45, 7) is 1.31. The molecule has 26 heavy (non-hydrogen) atoms. The van der Waals surface area contributed by atoms with Crippen molar-refractivity contribution in [3.8, 4) is 11.5 Å². The fourth-order valence-electron chi connectivity index (χ4n) is 3.18. The van der Waals surface area contributed by atoms with Crippen molar-refractivity contribution in [2.45, 2.75) is 18.9 Å². The molecule has 2 aliphatic rings. The van der Waals surface area contributed by atoms with Crippen molar-refractivity contribution in [2.24, 2.45) is 0 Å². The van der Waals surface area contributed by atoms with Crippen LogP contribution in [-0.4, -0.2) is 25.0 Å². The van der Waals surface area contributed by atoms with E-state index in [0.29, 0.717) is 42.5 Å². The summed E-state index contributed by atoms with van der Waals surface area (Å²) in [6.07, 6.45) is 0.0333. The molecule has 2 heterocycles. The van der Waals surface area contributed by atoms with Crippen LogP contribution in [0.15, 0.2) is 36.4 Å². The molecule has 0 unspecified atom stereocenters. The second-order valence-electron chi connectivity index (χ2n) is 6.23. The first-order valence-corrected chi connectivity index (χ1v) is 8.36.